The van der Waals surface area contributed by atoms with Gasteiger partial charge in [-0.2, -0.15) is 15.3 Å². The van der Waals surface area contributed by atoms with Crippen LogP contribution in [-0.4, -0.2) is 51.0 Å². The van der Waals surface area contributed by atoms with E-state index < -0.39 is 10.8 Å². The summed E-state index contributed by atoms with van der Waals surface area (Å²) in [6.07, 6.45) is 9.54. The second kappa shape index (κ2) is 9.65. The van der Waals surface area contributed by atoms with Gasteiger partial charge in [0.05, 0.1) is 30.8 Å². The Kier molecular flexibility index (Phi) is 6.48. The molecule has 2 aliphatic rings. The van der Waals surface area contributed by atoms with Crippen molar-refractivity contribution >= 4 is 17.8 Å². The van der Waals surface area contributed by atoms with Crippen LogP contribution in [-0.2, 0) is 17.9 Å². The molecule has 1 aliphatic carbocycles. The SMILES string of the molecule is COc1ccc(C=NNC(=O)Cn2nc(C)c([N+](=O)[O-])c2C)cc1CN1N=NC2C=CC=CC21. The fraction of sp³-hybridized carbons (Fsp3) is 0.318. The van der Waals surface area contributed by atoms with Gasteiger partial charge >= 0.3 is 5.69 Å². The lowest BCUT2D eigenvalue weighted by molar-refractivity contribution is -0.386. The largest absolute Gasteiger partial charge is 0.496 e. The molecule has 2 aromatic rings. The number of fused-ring (bicyclic) bond motifs is 1. The average molecular weight is 464 g/mol. The molecule has 2 atom stereocenters. The summed E-state index contributed by atoms with van der Waals surface area (Å²) in [5.41, 5.74) is 4.56. The lowest BCUT2D eigenvalue weighted by Crippen LogP contribution is -2.32. The number of ether oxygens (including phenoxy) is 1. The summed E-state index contributed by atoms with van der Waals surface area (Å²) in [4.78, 5) is 22.9. The number of allylic oxidation sites excluding steroid dienone is 2. The third-order valence-electron chi connectivity index (χ3n) is 5.58. The van der Waals surface area contributed by atoms with Crippen molar-refractivity contribution < 1.29 is 14.5 Å². The zero-order valence-electron chi connectivity index (χ0n) is 19.0. The van der Waals surface area contributed by atoms with Gasteiger partial charge < -0.3 is 4.74 Å². The molecule has 0 spiro atoms. The van der Waals surface area contributed by atoms with E-state index in [2.05, 4.69) is 32.0 Å². The number of nitrogens with zero attached hydrogens (tertiary/aromatic N) is 7. The summed E-state index contributed by atoms with van der Waals surface area (Å²) >= 11 is 0. The second-order valence-electron chi connectivity index (χ2n) is 7.85. The number of methoxy groups -OCH3 is 1. The van der Waals surface area contributed by atoms with Gasteiger partial charge in [0.1, 0.15) is 29.7 Å². The number of hydrogen-bond acceptors (Lipinski definition) is 9. The molecule has 12 nitrogen and oxygen atoms in total. The molecule has 0 saturated heterocycles. The number of carbonyl (C=O) groups excluding carboxylic acids is 1. The van der Waals surface area contributed by atoms with E-state index in [1.807, 2.05) is 41.4 Å². The molecule has 1 amide bonds. The minimum Gasteiger partial charge on any atom is -0.496 e. The lowest BCUT2D eigenvalue weighted by atomic mass is 10.0. The highest BCUT2D eigenvalue weighted by molar-refractivity contribution is 5.82. The summed E-state index contributed by atoms with van der Waals surface area (Å²) < 4.78 is 6.78. The van der Waals surface area contributed by atoms with Gasteiger partial charge in [-0.05, 0) is 37.6 Å². The monoisotopic (exact) mass is 464 g/mol. The van der Waals surface area contributed by atoms with Gasteiger partial charge in [0, 0.05) is 5.56 Å². The van der Waals surface area contributed by atoms with Gasteiger partial charge in [0.15, 0.2) is 0 Å². The van der Waals surface area contributed by atoms with Gasteiger partial charge in [0.2, 0.25) is 0 Å². The molecular weight excluding hydrogens is 440 g/mol. The number of rotatable bonds is 8. The van der Waals surface area contributed by atoms with E-state index in [1.54, 1.807) is 14.0 Å². The van der Waals surface area contributed by atoms with Gasteiger partial charge in [0.25, 0.3) is 5.91 Å². The van der Waals surface area contributed by atoms with Crippen molar-refractivity contribution in [3.05, 3.63) is 75.1 Å². The maximum absolute atomic E-state index is 12.3. The highest BCUT2D eigenvalue weighted by Gasteiger charge is 2.30. The van der Waals surface area contributed by atoms with E-state index >= 15 is 0 Å². The van der Waals surface area contributed by atoms with Crippen LogP contribution in [0.5, 0.6) is 5.75 Å². The molecule has 1 aliphatic heterocycles. The predicted octanol–water partition coefficient (Wildman–Crippen LogP) is 2.61. The maximum atomic E-state index is 12.3. The standard InChI is InChI=1S/C22H24N8O4/c1-14-22(30(32)33)15(2)28(26-14)13-21(31)25-23-11-16-8-9-20(34-3)17(10-16)12-29-19-7-5-4-6-18(19)24-27-29/h4-11,18-19H,12-13H2,1-3H3,(H,25,31). The molecule has 0 fully saturated rings. The Morgan fingerprint density at radius 1 is 1.32 bits per heavy atom. The summed E-state index contributed by atoms with van der Waals surface area (Å²) in [5, 5.41) is 29.7. The Labute approximate surface area is 195 Å². The van der Waals surface area contributed by atoms with Crippen LogP contribution in [0, 0.1) is 24.0 Å². The average Bonchev–Trinajstić information content (AvgIpc) is 3.34. The third kappa shape index (κ3) is 4.70. The van der Waals surface area contributed by atoms with Crippen molar-refractivity contribution in [1.82, 2.24) is 20.2 Å². The van der Waals surface area contributed by atoms with Crippen molar-refractivity contribution in [2.45, 2.75) is 39.0 Å². The van der Waals surface area contributed by atoms with Crippen LogP contribution in [0.2, 0.25) is 0 Å². The summed E-state index contributed by atoms with van der Waals surface area (Å²) in [6, 6.07) is 5.63. The van der Waals surface area contributed by atoms with E-state index in [0.29, 0.717) is 18.0 Å². The number of nitro groups is 1. The number of aryl methyl sites for hydroxylation is 1. The van der Waals surface area contributed by atoms with Crippen LogP contribution in [0.4, 0.5) is 5.69 Å². The summed E-state index contributed by atoms with van der Waals surface area (Å²) in [6.45, 7) is 3.39. The Bertz CT molecular complexity index is 1230. The minimum absolute atomic E-state index is 0.0135. The first-order valence-electron chi connectivity index (χ1n) is 10.6. The van der Waals surface area contributed by atoms with Gasteiger partial charge in [-0.15, -0.1) is 0 Å². The highest BCUT2D eigenvalue weighted by Crippen LogP contribution is 2.28. The van der Waals surface area contributed by atoms with E-state index in [9.17, 15) is 14.9 Å². The predicted molar refractivity (Wildman–Crippen MR) is 123 cm³/mol. The number of carbonyl (C=O) groups is 1. The number of aromatic nitrogens is 2. The third-order valence-corrected chi connectivity index (χ3v) is 5.58. The Morgan fingerprint density at radius 3 is 2.85 bits per heavy atom. The van der Waals surface area contributed by atoms with E-state index in [1.165, 1.54) is 17.8 Å². The minimum atomic E-state index is -0.504. The van der Waals surface area contributed by atoms with Crippen LogP contribution < -0.4 is 10.2 Å². The first-order chi connectivity index (χ1) is 16.4. The maximum Gasteiger partial charge on any atom is 0.312 e. The zero-order chi connectivity index (χ0) is 24.2. The molecule has 0 saturated carbocycles. The molecule has 0 radical (unpaired) electrons. The molecule has 1 aromatic heterocycles. The fourth-order valence-corrected chi connectivity index (χ4v) is 3.92. The van der Waals surface area contributed by atoms with Crippen LogP contribution in [0.15, 0.2) is 57.9 Å². The van der Waals surface area contributed by atoms with Gasteiger partial charge in [-0.25, -0.2) is 5.43 Å². The summed E-state index contributed by atoms with van der Waals surface area (Å²) in [7, 11) is 1.60. The number of amides is 1. The van der Waals surface area contributed by atoms with Gasteiger partial charge in [-0.1, -0.05) is 29.5 Å². The normalized spacial score (nSPS) is 18.5. The van der Waals surface area contributed by atoms with Crippen molar-refractivity contribution in [2.24, 2.45) is 15.4 Å². The van der Waals surface area contributed by atoms with Crippen molar-refractivity contribution in [3.63, 3.8) is 0 Å². The fourth-order valence-electron chi connectivity index (χ4n) is 3.92. The number of benzene rings is 1. The molecule has 2 unspecified atom stereocenters. The molecule has 176 valence electrons. The molecule has 1 N–H and O–H groups in total. The Hall–Kier alpha value is -4.35. The Balaban J connectivity index is 1.40. The van der Waals surface area contributed by atoms with Crippen LogP contribution in [0.25, 0.3) is 0 Å². The quantitative estimate of drug-likeness (QED) is 0.362. The number of hydrazone groups is 1. The Morgan fingerprint density at radius 2 is 2.12 bits per heavy atom. The molecule has 2 heterocycles. The highest BCUT2D eigenvalue weighted by atomic mass is 16.6. The molecule has 1 aromatic carbocycles. The molecule has 12 heteroatoms. The van der Waals surface area contributed by atoms with Crippen LogP contribution in [0.1, 0.15) is 22.5 Å². The van der Waals surface area contributed by atoms with Crippen LogP contribution in [0.3, 0.4) is 0 Å². The lowest BCUT2D eigenvalue weighted by Gasteiger charge is -2.24. The smallest absolute Gasteiger partial charge is 0.312 e. The molecule has 34 heavy (non-hydrogen) atoms. The molecular formula is C22H24N8O4. The van der Waals surface area contributed by atoms with E-state index in [-0.39, 0.29) is 30.0 Å². The van der Waals surface area contributed by atoms with Crippen molar-refractivity contribution in [2.75, 3.05) is 7.11 Å². The second-order valence-corrected chi connectivity index (χ2v) is 7.85. The summed E-state index contributed by atoms with van der Waals surface area (Å²) in [5.74, 6) is 0.257. The number of hydrogen-bond donors (Lipinski definition) is 1. The van der Waals surface area contributed by atoms with Gasteiger partial charge in [-0.3, -0.25) is 24.6 Å². The first kappa shape index (κ1) is 22.8. The molecule has 0 bridgehead atoms. The van der Waals surface area contributed by atoms with E-state index in [0.717, 1.165) is 11.1 Å². The number of nitrogens with one attached hydrogen (secondary N) is 1. The topological polar surface area (TPSA) is 140 Å². The first-order valence-corrected chi connectivity index (χ1v) is 10.6. The molecule has 4 rings (SSSR count). The van der Waals surface area contributed by atoms with Crippen LogP contribution >= 0.6 is 0 Å². The van der Waals surface area contributed by atoms with Crippen molar-refractivity contribution in [1.29, 1.82) is 0 Å². The zero-order valence-corrected chi connectivity index (χ0v) is 19.0. The van der Waals surface area contributed by atoms with Crippen molar-refractivity contribution in [3.8, 4) is 5.75 Å². The van der Waals surface area contributed by atoms with E-state index in [4.69, 9.17) is 4.74 Å².